The molecule has 0 spiro atoms. The average Bonchev–Trinajstić information content (AvgIpc) is 2.55. The fourth-order valence-corrected chi connectivity index (χ4v) is 2.92. The van der Waals surface area contributed by atoms with Gasteiger partial charge >= 0.3 is 0 Å². The van der Waals surface area contributed by atoms with Gasteiger partial charge in [0.2, 0.25) is 0 Å². The quantitative estimate of drug-likeness (QED) is 0.806. The minimum atomic E-state index is 0.449. The van der Waals surface area contributed by atoms with Gasteiger partial charge in [-0.15, -0.1) is 0 Å². The molecule has 1 aliphatic carbocycles. The largest absolute Gasteiger partial charge is 0.380 e. The molecule has 1 heterocycles. The Bertz CT molecular complexity index is 356. The van der Waals surface area contributed by atoms with Gasteiger partial charge in [-0.1, -0.05) is 27.2 Å². The lowest BCUT2D eigenvalue weighted by atomic mass is 9.76. The lowest BCUT2D eigenvalue weighted by Gasteiger charge is -2.29. The molecule has 2 atom stereocenters. The minimum absolute atomic E-state index is 0.449. The van der Waals surface area contributed by atoms with Gasteiger partial charge in [0.05, 0.1) is 18.1 Å². The Kier molecular flexibility index (Phi) is 4.20. The van der Waals surface area contributed by atoms with Gasteiger partial charge in [-0.2, -0.15) is 0 Å². The molecule has 1 fully saturated rings. The van der Waals surface area contributed by atoms with E-state index in [1.807, 2.05) is 12.4 Å². The number of rotatable bonds is 2. The third-order valence-electron chi connectivity index (χ3n) is 4.12. The van der Waals surface area contributed by atoms with Crippen molar-refractivity contribution in [3.8, 4) is 0 Å². The Hall–Kier alpha value is -1.12. The van der Waals surface area contributed by atoms with E-state index in [1.54, 1.807) is 6.33 Å². The zero-order valence-electron chi connectivity index (χ0n) is 11.8. The van der Waals surface area contributed by atoms with Gasteiger partial charge in [0, 0.05) is 6.04 Å². The molecule has 2 rings (SSSR count). The highest BCUT2D eigenvalue weighted by atomic mass is 15.0. The van der Waals surface area contributed by atoms with Crippen molar-refractivity contribution < 1.29 is 0 Å². The Morgan fingerprint density at radius 3 is 2.44 bits per heavy atom. The van der Waals surface area contributed by atoms with Crippen molar-refractivity contribution >= 4 is 5.69 Å². The first kappa shape index (κ1) is 13.3. The topological polar surface area (TPSA) is 37.8 Å². The maximum atomic E-state index is 4.05. The third kappa shape index (κ3) is 3.69. The van der Waals surface area contributed by atoms with Crippen LogP contribution >= 0.6 is 0 Å². The summed E-state index contributed by atoms with van der Waals surface area (Å²) in [6, 6.07) is 0.586. The highest BCUT2D eigenvalue weighted by Crippen LogP contribution is 2.37. The van der Waals surface area contributed by atoms with Crippen molar-refractivity contribution in [2.75, 3.05) is 5.32 Å². The first-order chi connectivity index (χ1) is 8.55. The van der Waals surface area contributed by atoms with Crippen LogP contribution < -0.4 is 5.32 Å². The summed E-state index contributed by atoms with van der Waals surface area (Å²) < 4.78 is 0. The van der Waals surface area contributed by atoms with Gasteiger partial charge in [0.15, 0.2) is 0 Å². The number of nitrogens with one attached hydrogen (secondary N) is 1. The molecule has 1 aromatic heterocycles. The maximum Gasteiger partial charge on any atom is 0.115 e. The molecule has 100 valence electrons. The monoisotopic (exact) mass is 247 g/mol. The molecule has 0 radical (unpaired) electrons. The lowest BCUT2D eigenvalue weighted by Crippen LogP contribution is -2.21. The predicted octanol–water partition coefficient (Wildman–Crippen LogP) is 3.88. The number of anilines is 1. The lowest BCUT2D eigenvalue weighted by molar-refractivity contribution is 0.214. The van der Waals surface area contributed by atoms with Crippen molar-refractivity contribution in [3.05, 3.63) is 18.7 Å². The normalized spacial score (nSPS) is 25.5. The first-order valence-corrected chi connectivity index (χ1v) is 7.07. The van der Waals surface area contributed by atoms with Crippen molar-refractivity contribution in [2.45, 2.75) is 58.9 Å². The Balaban J connectivity index is 1.90. The molecule has 0 amide bonds. The second kappa shape index (κ2) is 5.68. The summed E-state index contributed by atoms with van der Waals surface area (Å²) in [6.07, 6.45) is 11.8. The van der Waals surface area contributed by atoms with E-state index in [-0.39, 0.29) is 0 Å². The smallest absolute Gasteiger partial charge is 0.115 e. The molecular weight excluding hydrogens is 222 g/mol. The summed E-state index contributed by atoms with van der Waals surface area (Å²) >= 11 is 0. The second-order valence-electron chi connectivity index (χ2n) is 6.54. The summed E-state index contributed by atoms with van der Waals surface area (Å²) in [5.41, 5.74) is 1.50. The van der Waals surface area contributed by atoms with Crippen LogP contribution in [0.4, 0.5) is 5.69 Å². The van der Waals surface area contributed by atoms with Crippen LogP contribution in [-0.2, 0) is 0 Å². The average molecular weight is 247 g/mol. The van der Waals surface area contributed by atoms with E-state index in [0.29, 0.717) is 11.5 Å². The van der Waals surface area contributed by atoms with E-state index in [0.717, 1.165) is 11.6 Å². The maximum absolute atomic E-state index is 4.05. The van der Waals surface area contributed by atoms with E-state index in [4.69, 9.17) is 0 Å². The predicted molar refractivity (Wildman–Crippen MR) is 75.5 cm³/mol. The van der Waals surface area contributed by atoms with E-state index in [1.165, 1.54) is 32.1 Å². The van der Waals surface area contributed by atoms with Crippen LogP contribution in [0, 0.1) is 11.3 Å². The standard InChI is InChI=1S/C15H25N3/c1-15(2,3)12-5-4-6-13(8-7-12)18-14-9-16-11-17-10-14/h9-13,18H,4-8H2,1-3H3. The van der Waals surface area contributed by atoms with Gasteiger partial charge in [0.25, 0.3) is 0 Å². The molecule has 1 saturated carbocycles. The first-order valence-electron chi connectivity index (χ1n) is 7.07. The summed E-state index contributed by atoms with van der Waals surface area (Å²) in [5, 5.41) is 3.57. The van der Waals surface area contributed by atoms with Crippen LogP contribution in [0.1, 0.15) is 52.9 Å². The molecule has 0 bridgehead atoms. The molecule has 0 saturated heterocycles. The molecule has 0 aromatic carbocycles. The van der Waals surface area contributed by atoms with Crippen LogP contribution in [0.2, 0.25) is 0 Å². The highest BCUT2D eigenvalue weighted by molar-refractivity contribution is 5.38. The summed E-state index contributed by atoms with van der Waals surface area (Å²) in [4.78, 5) is 8.11. The number of hydrogen-bond donors (Lipinski definition) is 1. The van der Waals surface area contributed by atoms with Gasteiger partial charge in [0.1, 0.15) is 6.33 Å². The summed E-state index contributed by atoms with van der Waals surface area (Å²) in [7, 11) is 0. The molecule has 3 nitrogen and oxygen atoms in total. The van der Waals surface area contributed by atoms with Crippen molar-refractivity contribution in [1.82, 2.24) is 9.97 Å². The fourth-order valence-electron chi connectivity index (χ4n) is 2.92. The zero-order valence-corrected chi connectivity index (χ0v) is 11.8. The molecular formula is C15H25N3. The van der Waals surface area contributed by atoms with Crippen molar-refractivity contribution in [1.29, 1.82) is 0 Å². The van der Waals surface area contributed by atoms with Crippen LogP contribution in [0.15, 0.2) is 18.7 Å². The Labute approximate surface area is 110 Å². The van der Waals surface area contributed by atoms with Gasteiger partial charge in [-0.05, 0) is 37.0 Å². The van der Waals surface area contributed by atoms with E-state index >= 15 is 0 Å². The zero-order chi connectivity index (χ0) is 13.0. The summed E-state index contributed by atoms with van der Waals surface area (Å²) in [6.45, 7) is 7.11. The summed E-state index contributed by atoms with van der Waals surface area (Å²) in [5.74, 6) is 0.858. The van der Waals surface area contributed by atoms with Gasteiger partial charge in [-0.25, -0.2) is 9.97 Å². The van der Waals surface area contributed by atoms with E-state index in [9.17, 15) is 0 Å². The Morgan fingerprint density at radius 2 is 1.78 bits per heavy atom. The fraction of sp³-hybridized carbons (Fsp3) is 0.733. The number of nitrogens with zero attached hydrogens (tertiary/aromatic N) is 2. The van der Waals surface area contributed by atoms with Crippen LogP contribution in [0.25, 0.3) is 0 Å². The molecule has 1 aliphatic rings. The molecule has 18 heavy (non-hydrogen) atoms. The molecule has 1 N–H and O–H groups in total. The number of hydrogen-bond acceptors (Lipinski definition) is 3. The third-order valence-corrected chi connectivity index (χ3v) is 4.12. The second-order valence-corrected chi connectivity index (χ2v) is 6.54. The molecule has 1 aromatic rings. The van der Waals surface area contributed by atoms with Crippen molar-refractivity contribution in [2.24, 2.45) is 11.3 Å². The highest BCUT2D eigenvalue weighted by Gasteiger charge is 2.27. The van der Waals surface area contributed by atoms with Crippen LogP contribution in [0.5, 0.6) is 0 Å². The van der Waals surface area contributed by atoms with Crippen LogP contribution in [0.3, 0.4) is 0 Å². The molecule has 3 heteroatoms. The minimum Gasteiger partial charge on any atom is -0.380 e. The number of aromatic nitrogens is 2. The molecule has 2 unspecified atom stereocenters. The van der Waals surface area contributed by atoms with Gasteiger partial charge in [-0.3, -0.25) is 0 Å². The van der Waals surface area contributed by atoms with E-state index < -0.39 is 0 Å². The Morgan fingerprint density at radius 1 is 1.06 bits per heavy atom. The molecule has 0 aliphatic heterocycles. The van der Waals surface area contributed by atoms with Crippen molar-refractivity contribution in [3.63, 3.8) is 0 Å². The SMILES string of the molecule is CC(C)(C)C1CCCC(Nc2cncnc2)CC1. The van der Waals surface area contributed by atoms with Gasteiger partial charge < -0.3 is 5.32 Å². The van der Waals surface area contributed by atoms with Crippen LogP contribution in [-0.4, -0.2) is 16.0 Å². The van der Waals surface area contributed by atoms with E-state index in [2.05, 4.69) is 36.1 Å².